The zero-order valence-corrected chi connectivity index (χ0v) is 12.9. The predicted octanol–water partition coefficient (Wildman–Crippen LogP) is 2.58. The molecule has 0 saturated carbocycles. The molecule has 110 valence electrons. The Labute approximate surface area is 125 Å². The van der Waals surface area contributed by atoms with Gasteiger partial charge in [0.2, 0.25) is 0 Å². The SMILES string of the molecule is Cc1cc(N2CCCC(c3nc(C)cc(C)n3)C2)ncn1. The molecule has 5 heteroatoms. The highest BCUT2D eigenvalue weighted by Crippen LogP contribution is 2.27. The molecule has 0 aliphatic carbocycles. The molecule has 2 aromatic rings. The Bertz CT molecular complexity index is 620. The van der Waals surface area contributed by atoms with Crippen LogP contribution >= 0.6 is 0 Å². The molecule has 2 aromatic heterocycles. The molecule has 5 nitrogen and oxygen atoms in total. The van der Waals surface area contributed by atoms with Crippen molar-refractivity contribution in [3.63, 3.8) is 0 Å². The molecule has 0 N–H and O–H groups in total. The molecule has 1 saturated heterocycles. The van der Waals surface area contributed by atoms with Crippen LogP contribution in [0.5, 0.6) is 0 Å². The summed E-state index contributed by atoms with van der Waals surface area (Å²) in [6.45, 7) is 8.04. The van der Waals surface area contributed by atoms with Crippen molar-refractivity contribution in [3.8, 4) is 0 Å². The van der Waals surface area contributed by atoms with Gasteiger partial charge in [0, 0.05) is 42.2 Å². The van der Waals surface area contributed by atoms with Gasteiger partial charge in [-0.2, -0.15) is 0 Å². The van der Waals surface area contributed by atoms with E-state index in [1.807, 2.05) is 32.9 Å². The highest BCUT2D eigenvalue weighted by molar-refractivity contribution is 5.40. The molecule has 1 aliphatic heterocycles. The van der Waals surface area contributed by atoms with Crippen molar-refractivity contribution in [1.29, 1.82) is 0 Å². The maximum atomic E-state index is 4.63. The number of hydrogen-bond acceptors (Lipinski definition) is 5. The Hall–Kier alpha value is -2.04. The Balaban J connectivity index is 1.82. The molecule has 0 amide bonds. The first kappa shape index (κ1) is 13.9. The lowest BCUT2D eigenvalue weighted by molar-refractivity contribution is 0.486. The predicted molar refractivity (Wildman–Crippen MR) is 82.5 cm³/mol. The third kappa shape index (κ3) is 3.17. The summed E-state index contributed by atoms with van der Waals surface area (Å²) in [5.74, 6) is 2.37. The first-order valence-electron chi connectivity index (χ1n) is 7.47. The van der Waals surface area contributed by atoms with Gasteiger partial charge in [0.1, 0.15) is 18.0 Å². The average molecular weight is 283 g/mol. The van der Waals surface area contributed by atoms with Crippen molar-refractivity contribution in [3.05, 3.63) is 41.4 Å². The van der Waals surface area contributed by atoms with Crippen molar-refractivity contribution in [2.45, 2.75) is 39.5 Å². The smallest absolute Gasteiger partial charge is 0.133 e. The summed E-state index contributed by atoms with van der Waals surface area (Å²) < 4.78 is 0. The van der Waals surface area contributed by atoms with Crippen molar-refractivity contribution >= 4 is 5.82 Å². The maximum Gasteiger partial charge on any atom is 0.133 e. The monoisotopic (exact) mass is 283 g/mol. The first-order valence-corrected chi connectivity index (χ1v) is 7.47. The van der Waals surface area contributed by atoms with E-state index >= 15 is 0 Å². The van der Waals surface area contributed by atoms with Gasteiger partial charge in [0.25, 0.3) is 0 Å². The Morgan fingerprint density at radius 2 is 1.76 bits per heavy atom. The van der Waals surface area contributed by atoms with E-state index in [4.69, 9.17) is 0 Å². The van der Waals surface area contributed by atoms with Crippen LogP contribution in [0.15, 0.2) is 18.5 Å². The number of hydrogen-bond donors (Lipinski definition) is 0. The molecule has 1 atom stereocenters. The highest BCUT2D eigenvalue weighted by Gasteiger charge is 2.24. The quantitative estimate of drug-likeness (QED) is 0.848. The fraction of sp³-hybridized carbons (Fsp3) is 0.500. The van der Waals surface area contributed by atoms with Crippen molar-refractivity contribution < 1.29 is 0 Å². The van der Waals surface area contributed by atoms with Gasteiger partial charge in [-0.05, 0) is 39.7 Å². The average Bonchev–Trinajstić information content (AvgIpc) is 2.46. The number of aromatic nitrogens is 4. The molecule has 1 fully saturated rings. The summed E-state index contributed by atoms with van der Waals surface area (Å²) in [7, 11) is 0. The Morgan fingerprint density at radius 1 is 1.00 bits per heavy atom. The molecule has 3 heterocycles. The maximum absolute atomic E-state index is 4.63. The molecule has 0 aromatic carbocycles. The van der Waals surface area contributed by atoms with Crippen LogP contribution in [0.1, 0.15) is 41.7 Å². The molecule has 0 spiro atoms. The summed E-state index contributed by atoms with van der Waals surface area (Å²) in [4.78, 5) is 20.2. The van der Waals surface area contributed by atoms with Crippen molar-refractivity contribution in [2.24, 2.45) is 0 Å². The zero-order chi connectivity index (χ0) is 14.8. The summed E-state index contributed by atoms with van der Waals surface area (Å²) >= 11 is 0. The molecule has 3 rings (SSSR count). The Morgan fingerprint density at radius 3 is 2.48 bits per heavy atom. The largest absolute Gasteiger partial charge is 0.356 e. The normalized spacial score (nSPS) is 18.8. The summed E-state index contributed by atoms with van der Waals surface area (Å²) in [6.07, 6.45) is 3.93. The minimum Gasteiger partial charge on any atom is -0.356 e. The molecule has 1 aliphatic rings. The number of anilines is 1. The van der Waals surface area contributed by atoms with E-state index in [1.54, 1.807) is 6.33 Å². The fourth-order valence-electron chi connectivity index (χ4n) is 2.95. The van der Waals surface area contributed by atoms with Crippen LogP contribution in [-0.2, 0) is 0 Å². The van der Waals surface area contributed by atoms with E-state index in [2.05, 4.69) is 24.8 Å². The lowest BCUT2D eigenvalue weighted by atomic mass is 9.97. The van der Waals surface area contributed by atoms with Gasteiger partial charge in [0.15, 0.2) is 0 Å². The molecule has 0 bridgehead atoms. The van der Waals surface area contributed by atoms with Gasteiger partial charge in [-0.3, -0.25) is 0 Å². The van der Waals surface area contributed by atoms with Gasteiger partial charge in [-0.15, -0.1) is 0 Å². The van der Waals surface area contributed by atoms with Gasteiger partial charge in [-0.25, -0.2) is 19.9 Å². The topological polar surface area (TPSA) is 54.8 Å². The summed E-state index contributed by atoms with van der Waals surface area (Å²) in [6, 6.07) is 4.07. The van der Waals surface area contributed by atoms with E-state index in [9.17, 15) is 0 Å². The van der Waals surface area contributed by atoms with Crippen LogP contribution in [-0.4, -0.2) is 33.0 Å². The van der Waals surface area contributed by atoms with Crippen LogP contribution in [0, 0.1) is 20.8 Å². The van der Waals surface area contributed by atoms with Crippen molar-refractivity contribution in [2.75, 3.05) is 18.0 Å². The van der Waals surface area contributed by atoms with E-state index in [0.29, 0.717) is 5.92 Å². The second-order valence-corrected chi connectivity index (χ2v) is 5.81. The van der Waals surface area contributed by atoms with Crippen molar-refractivity contribution in [1.82, 2.24) is 19.9 Å². The van der Waals surface area contributed by atoms with Crippen LogP contribution < -0.4 is 4.90 Å². The lowest BCUT2D eigenvalue weighted by Crippen LogP contribution is -2.35. The van der Waals surface area contributed by atoms with E-state index in [1.165, 1.54) is 0 Å². The molecule has 21 heavy (non-hydrogen) atoms. The highest BCUT2D eigenvalue weighted by atomic mass is 15.2. The number of aryl methyl sites for hydroxylation is 3. The van der Waals surface area contributed by atoms with Crippen LogP contribution in [0.25, 0.3) is 0 Å². The third-order valence-electron chi connectivity index (χ3n) is 3.90. The molecule has 0 radical (unpaired) electrons. The Kier molecular flexibility index (Phi) is 3.82. The standard InChI is InChI=1S/C16H21N5/c1-11-8-15(18-10-17-11)21-6-4-5-14(9-21)16-19-12(2)7-13(3)20-16/h7-8,10,14H,4-6,9H2,1-3H3. The minimum atomic E-state index is 0.382. The second-order valence-electron chi connectivity index (χ2n) is 5.81. The number of rotatable bonds is 2. The van der Waals surface area contributed by atoms with Gasteiger partial charge >= 0.3 is 0 Å². The first-order chi connectivity index (χ1) is 10.1. The van der Waals surface area contributed by atoms with Gasteiger partial charge in [-0.1, -0.05) is 0 Å². The summed E-state index contributed by atoms with van der Waals surface area (Å²) in [5.41, 5.74) is 3.10. The van der Waals surface area contributed by atoms with Gasteiger partial charge < -0.3 is 4.90 Å². The third-order valence-corrected chi connectivity index (χ3v) is 3.90. The lowest BCUT2D eigenvalue weighted by Gasteiger charge is -2.33. The minimum absolute atomic E-state index is 0.382. The van der Waals surface area contributed by atoms with E-state index in [-0.39, 0.29) is 0 Å². The molecular weight excluding hydrogens is 262 g/mol. The van der Waals surface area contributed by atoms with Crippen LogP contribution in [0.2, 0.25) is 0 Å². The van der Waals surface area contributed by atoms with E-state index in [0.717, 1.165) is 54.7 Å². The van der Waals surface area contributed by atoms with E-state index < -0.39 is 0 Å². The number of piperidine rings is 1. The summed E-state index contributed by atoms with van der Waals surface area (Å²) in [5, 5.41) is 0. The zero-order valence-electron chi connectivity index (χ0n) is 12.9. The van der Waals surface area contributed by atoms with Crippen LogP contribution in [0.4, 0.5) is 5.82 Å². The van der Waals surface area contributed by atoms with Gasteiger partial charge in [0.05, 0.1) is 0 Å². The fourth-order valence-corrected chi connectivity index (χ4v) is 2.95. The number of nitrogens with zero attached hydrogens (tertiary/aromatic N) is 5. The molecule has 1 unspecified atom stereocenters. The second kappa shape index (κ2) is 5.76. The molecular formula is C16H21N5. The van der Waals surface area contributed by atoms with Crippen LogP contribution in [0.3, 0.4) is 0 Å².